The van der Waals surface area contributed by atoms with E-state index in [9.17, 15) is 20.1 Å². The number of hydrogen-bond acceptors (Lipinski definition) is 8. The summed E-state index contributed by atoms with van der Waals surface area (Å²) in [5.74, 6) is 0.0870. The van der Waals surface area contributed by atoms with Crippen molar-refractivity contribution < 1.29 is 24.9 Å². The number of carbonyl (C=O) groups excluding carboxylic acids is 1. The fourth-order valence-electron chi connectivity index (χ4n) is 2.66. The van der Waals surface area contributed by atoms with Crippen LogP contribution in [0.1, 0.15) is 26.0 Å². The van der Waals surface area contributed by atoms with Gasteiger partial charge in [-0.3, -0.25) is 9.36 Å². The molecule has 0 radical (unpaired) electrons. The van der Waals surface area contributed by atoms with Gasteiger partial charge in [-0.05, 0) is 6.42 Å². The van der Waals surface area contributed by atoms with Crippen LogP contribution in [0.4, 0.5) is 5.82 Å². The number of rotatable bonds is 5. The Bertz CT molecular complexity index is 735. The Kier molecular flexibility index (Phi) is 4.71. The van der Waals surface area contributed by atoms with Crippen LogP contribution in [0.2, 0.25) is 0 Å². The Morgan fingerprint density at radius 3 is 2.79 bits per heavy atom. The smallest absolute Gasteiger partial charge is 0.225 e. The highest BCUT2D eigenvalue weighted by molar-refractivity contribution is 5.96. The number of nitrogens with one attached hydrogen (secondary N) is 1. The standard InChI is InChI=1S/C14H19N5O5/c1-2-3-8(21)18-12-9-13(16-5-15-12)19(6-17-9)14-11(23)10(22)7(4-20)24-14/h5-7,10-11,14,20,22-23H,2-4H2,1H3,(H,15,16,18,21)/t7-,10?,11?,14-/m1/s1. The summed E-state index contributed by atoms with van der Waals surface area (Å²) in [6.07, 6.45) is -0.587. The largest absolute Gasteiger partial charge is 0.394 e. The number of nitrogens with zero attached hydrogens (tertiary/aromatic N) is 4. The number of aromatic nitrogens is 4. The van der Waals surface area contributed by atoms with Crippen molar-refractivity contribution in [2.75, 3.05) is 11.9 Å². The third-order valence-corrected chi connectivity index (χ3v) is 3.88. The number of ether oxygens (including phenoxy) is 1. The van der Waals surface area contributed by atoms with E-state index < -0.39 is 31.1 Å². The summed E-state index contributed by atoms with van der Waals surface area (Å²) in [6.45, 7) is 1.47. The van der Waals surface area contributed by atoms with E-state index in [2.05, 4.69) is 20.3 Å². The van der Waals surface area contributed by atoms with Gasteiger partial charge in [-0.2, -0.15) is 0 Å². The van der Waals surface area contributed by atoms with E-state index in [1.807, 2.05) is 6.92 Å². The number of fused-ring (bicyclic) bond motifs is 1. The molecule has 1 saturated heterocycles. The molecule has 10 heteroatoms. The van der Waals surface area contributed by atoms with Crippen LogP contribution in [-0.4, -0.2) is 65.7 Å². The molecule has 2 aromatic heterocycles. The number of aliphatic hydroxyl groups excluding tert-OH is 3. The Morgan fingerprint density at radius 2 is 2.12 bits per heavy atom. The van der Waals surface area contributed by atoms with Gasteiger partial charge in [0.25, 0.3) is 0 Å². The van der Waals surface area contributed by atoms with Crippen LogP contribution < -0.4 is 5.32 Å². The highest BCUT2D eigenvalue weighted by atomic mass is 16.6. The zero-order valence-electron chi connectivity index (χ0n) is 13.0. The number of amides is 1. The lowest BCUT2D eigenvalue weighted by atomic mass is 10.1. The lowest BCUT2D eigenvalue weighted by Crippen LogP contribution is -2.33. The van der Waals surface area contributed by atoms with Crippen LogP contribution >= 0.6 is 0 Å². The fourth-order valence-corrected chi connectivity index (χ4v) is 2.66. The summed E-state index contributed by atoms with van der Waals surface area (Å²) in [7, 11) is 0. The third-order valence-electron chi connectivity index (χ3n) is 3.88. The van der Waals surface area contributed by atoms with Crippen molar-refractivity contribution >= 4 is 22.9 Å². The van der Waals surface area contributed by atoms with E-state index in [4.69, 9.17) is 4.74 Å². The molecule has 0 saturated carbocycles. The first-order valence-electron chi connectivity index (χ1n) is 7.66. The van der Waals surface area contributed by atoms with Crippen molar-refractivity contribution in [1.82, 2.24) is 19.5 Å². The number of anilines is 1. The van der Waals surface area contributed by atoms with E-state index in [1.54, 1.807) is 0 Å². The van der Waals surface area contributed by atoms with Crippen molar-refractivity contribution in [3.05, 3.63) is 12.7 Å². The molecule has 3 heterocycles. The first-order valence-corrected chi connectivity index (χ1v) is 7.66. The van der Waals surface area contributed by atoms with Crippen LogP contribution in [0.25, 0.3) is 11.2 Å². The number of imidazole rings is 1. The first-order chi connectivity index (χ1) is 11.6. The van der Waals surface area contributed by atoms with Crippen molar-refractivity contribution in [2.45, 2.75) is 44.3 Å². The molecule has 2 unspecified atom stereocenters. The summed E-state index contributed by atoms with van der Waals surface area (Å²) < 4.78 is 6.91. The van der Waals surface area contributed by atoms with Crippen molar-refractivity contribution in [2.24, 2.45) is 0 Å². The number of hydrogen-bond donors (Lipinski definition) is 4. The molecule has 1 aliphatic rings. The Labute approximate surface area is 137 Å². The van der Waals surface area contributed by atoms with E-state index in [1.165, 1.54) is 17.2 Å². The van der Waals surface area contributed by atoms with Crippen LogP contribution in [0.3, 0.4) is 0 Å². The monoisotopic (exact) mass is 337 g/mol. The second kappa shape index (κ2) is 6.77. The summed E-state index contributed by atoms with van der Waals surface area (Å²) >= 11 is 0. The van der Waals surface area contributed by atoms with Gasteiger partial charge in [-0.25, -0.2) is 15.0 Å². The maximum absolute atomic E-state index is 11.8. The van der Waals surface area contributed by atoms with Crippen LogP contribution in [0, 0.1) is 0 Å². The lowest BCUT2D eigenvalue weighted by Gasteiger charge is -2.16. The summed E-state index contributed by atoms with van der Waals surface area (Å²) in [6, 6.07) is 0. The topological polar surface area (TPSA) is 143 Å². The molecule has 1 aliphatic heterocycles. The molecule has 4 N–H and O–H groups in total. The second-order valence-electron chi connectivity index (χ2n) is 5.57. The minimum absolute atomic E-state index is 0.181. The summed E-state index contributed by atoms with van der Waals surface area (Å²) in [5, 5.41) is 31.9. The summed E-state index contributed by atoms with van der Waals surface area (Å²) in [5.41, 5.74) is 0.686. The van der Waals surface area contributed by atoms with Crippen LogP contribution in [-0.2, 0) is 9.53 Å². The molecule has 0 spiro atoms. The van der Waals surface area contributed by atoms with E-state index >= 15 is 0 Å². The highest BCUT2D eigenvalue weighted by Gasteiger charge is 2.44. The molecule has 1 amide bonds. The van der Waals surface area contributed by atoms with Crippen molar-refractivity contribution in [3.63, 3.8) is 0 Å². The predicted octanol–water partition coefficient (Wildman–Crippen LogP) is -0.824. The lowest BCUT2D eigenvalue weighted by molar-refractivity contribution is -0.116. The normalized spacial score (nSPS) is 26.8. The number of aliphatic hydroxyl groups is 3. The molecular weight excluding hydrogens is 318 g/mol. The average molecular weight is 337 g/mol. The minimum Gasteiger partial charge on any atom is -0.394 e. The summed E-state index contributed by atoms with van der Waals surface area (Å²) in [4.78, 5) is 24.1. The zero-order valence-corrected chi connectivity index (χ0v) is 13.0. The molecule has 0 bridgehead atoms. The van der Waals surface area contributed by atoms with Gasteiger partial charge < -0.3 is 25.4 Å². The molecule has 130 valence electrons. The van der Waals surface area contributed by atoms with E-state index in [0.717, 1.165) is 0 Å². The van der Waals surface area contributed by atoms with Gasteiger partial charge in [0.2, 0.25) is 5.91 Å². The van der Waals surface area contributed by atoms with Gasteiger partial charge in [0.15, 0.2) is 23.2 Å². The molecule has 3 rings (SSSR count). The maximum Gasteiger partial charge on any atom is 0.225 e. The zero-order chi connectivity index (χ0) is 17.3. The minimum atomic E-state index is -1.24. The van der Waals surface area contributed by atoms with Crippen molar-refractivity contribution in [3.8, 4) is 0 Å². The SMILES string of the molecule is CCCC(=O)Nc1ncnc2c1ncn2[C@@H]1O[C@H](CO)C(O)C1O. The van der Waals surface area contributed by atoms with Gasteiger partial charge in [-0.1, -0.05) is 6.92 Å². The molecule has 2 aromatic rings. The Morgan fingerprint density at radius 1 is 1.33 bits per heavy atom. The van der Waals surface area contributed by atoms with E-state index in [0.29, 0.717) is 24.0 Å². The van der Waals surface area contributed by atoms with Gasteiger partial charge in [0.05, 0.1) is 12.9 Å². The molecule has 0 aliphatic carbocycles. The Hall–Kier alpha value is -2.14. The van der Waals surface area contributed by atoms with Crippen molar-refractivity contribution in [1.29, 1.82) is 0 Å². The van der Waals surface area contributed by atoms with Crippen LogP contribution in [0.15, 0.2) is 12.7 Å². The van der Waals surface area contributed by atoms with E-state index in [-0.39, 0.29) is 11.7 Å². The molecule has 10 nitrogen and oxygen atoms in total. The van der Waals surface area contributed by atoms with Gasteiger partial charge in [-0.15, -0.1) is 0 Å². The van der Waals surface area contributed by atoms with Gasteiger partial charge in [0.1, 0.15) is 24.6 Å². The second-order valence-corrected chi connectivity index (χ2v) is 5.57. The quantitative estimate of drug-likeness (QED) is 0.554. The predicted molar refractivity (Wildman–Crippen MR) is 81.9 cm³/mol. The first kappa shape index (κ1) is 16.7. The molecule has 1 fully saturated rings. The fraction of sp³-hybridized carbons (Fsp3) is 0.571. The highest BCUT2D eigenvalue weighted by Crippen LogP contribution is 2.32. The third kappa shape index (κ3) is 2.84. The molecule has 0 aromatic carbocycles. The maximum atomic E-state index is 11.8. The molecule has 24 heavy (non-hydrogen) atoms. The molecule has 4 atom stereocenters. The molecular formula is C14H19N5O5. The van der Waals surface area contributed by atoms with Gasteiger partial charge >= 0.3 is 0 Å². The van der Waals surface area contributed by atoms with Gasteiger partial charge in [0, 0.05) is 6.42 Å². The Balaban J connectivity index is 1.93. The van der Waals surface area contributed by atoms with Crippen LogP contribution in [0.5, 0.6) is 0 Å². The number of carbonyl (C=O) groups is 1. The average Bonchev–Trinajstić information content (AvgIpc) is 3.11.